The molecule has 2 atom stereocenters. The summed E-state index contributed by atoms with van der Waals surface area (Å²) in [7, 11) is -3.38. The number of hydrogen-bond donors (Lipinski definition) is 1. The minimum atomic E-state index is -3.38. The molecule has 3 aliphatic heterocycles. The summed E-state index contributed by atoms with van der Waals surface area (Å²) in [5.41, 5.74) is 3.72. The van der Waals surface area contributed by atoms with Crippen LogP contribution >= 0.6 is 0 Å². The summed E-state index contributed by atoms with van der Waals surface area (Å²) >= 11 is 0. The van der Waals surface area contributed by atoms with Crippen LogP contribution in [0.4, 0.5) is 0 Å². The lowest BCUT2D eigenvalue weighted by Gasteiger charge is -2.41. The molecule has 1 saturated carbocycles. The number of nitrogens with one attached hydrogen (secondary N) is 1. The lowest BCUT2D eigenvalue weighted by atomic mass is 9.80. The number of hydrogen-bond acceptors (Lipinski definition) is 5. The lowest BCUT2D eigenvalue weighted by molar-refractivity contribution is -0.140. The predicted octanol–water partition coefficient (Wildman–Crippen LogP) is 2.65. The Bertz CT molecular complexity index is 924. The molecule has 8 heteroatoms. The van der Waals surface area contributed by atoms with E-state index < -0.39 is 10.0 Å². The Hall–Kier alpha value is -1.64. The molecule has 3 heterocycles. The van der Waals surface area contributed by atoms with E-state index in [2.05, 4.69) is 24.6 Å². The summed E-state index contributed by atoms with van der Waals surface area (Å²) < 4.78 is 39.0. The summed E-state index contributed by atoms with van der Waals surface area (Å²) in [5.74, 6) is 1.09. The second-order valence-electron chi connectivity index (χ2n) is 9.31. The first-order valence-corrected chi connectivity index (χ1v) is 13.2. The molecule has 1 unspecified atom stereocenters. The molecule has 5 rings (SSSR count). The first-order chi connectivity index (χ1) is 14.7. The molecule has 1 aromatic rings. The van der Waals surface area contributed by atoms with Crippen LogP contribution in [0.1, 0.15) is 61.1 Å². The summed E-state index contributed by atoms with van der Waals surface area (Å²) in [6, 6.07) is 3.39. The maximum absolute atomic E-state index is 13.2. The molecule has 1 amide bonds. The van der Waals surface area contributed by atoms with Crippen molar-refractivity contribution in [2.45, 2.75) is 76.5 Å². The highest BCUT2D eigenvalue weighted by Crippen LogP contribution is 2.41. The van der Waals surface area contributed by atoms with Crippen LogP contribution < -0.4 is 9.46 Å². The average molecular weight is 451 g/mol. The van der Waals surface area contributed by atoms with Crippen molar-refractivity contribution in [2.75, 3.05) is 26.0 Å². The van der Waals surface area contributed by atoms with Crippen LogP contribution in [0.5, 0.6) is 5.75 Å². The van der Waals surface area contributed by atoms with Crippen LogP contribution in [0.2, 0.25) is 0 Å². The number of fused-ring (bicyclic) bond motifs is 5. The lowest BCUT2D eigenvalue weighted by Crippen LogP contribution is -2.59. The molecule has 4 aliphatic rings. The van der Waals surface area contributed by atoms with Gasteiger partial charge in [-0.15, -0.1) is 0 Å². The summed E-state index contributed by atoms with van der Waals surface area (Å²) in [6.45, 7) is 5.14. The van der Waals surface area contributed by atoms with Gasteiger partial charge in [0.25, 0.3) is 5.91 Å². The monoisotopic (exact) mass is 450 g/mol. The number of ether oxygens (including phenoxy) is 2. The number of carbonyl (C=O) groups is 1. The smallest absolute Gasteiger partial charge is 0.260 e. The maximum atomic E-state index is 13.2. The number of amides is 1. The van der Waals surface area contributed by atoms with E-state index in [4.69, 9.17) is 9.47 Å². The van der Waals surface area contributed by atoms with Crippen molar-refractivity contribution in [3.63, 3.8) is 0 Å². The van der Waals surface area contributed by atoms with E-state index in [1.54, 1.807) is 4.90 Å². The highest BCUT2D eigenvalue weighted by Gasteiger charge is 2.37. The van der Waals surface area contributed by atoms with Gasteiger partial charge in [-0.2, -0.15) is 0 Å². The van der Waals surface area contributed by atoms with Gasteiger partial charge < -0.3 is 14.4 Å². The summed E-state index contributed by atoms with van der Waals surface area (Å²) in [4.78, 5) is 14.9. The van der Waals surface area contributed by atoms with Gasteiger partial charge in [0.1, 0.15) is 5.75 Å². The van der Waals surface area contributed by atoms with Crippen LogP contribution in [0.15, 0.2) is 12.1 Å². The van der Waals surface area contributed by atoms with E-state index in [0.29, 0.717) is 25.5 Å². The van der Waals surface area contributed by atoms with Crippen LogP contribution in [-0.4, -0.2) is 63.4 Å². The molecule has 1 N–H and O–H groups in total. The van der Waals surface area contributed by atoms with Gasteiger partial charge in [0, 0.05) is 18.2 Å². The molecule has 1 saturated heterocycles. The molecule has 1 aliphatic carbocycles. The van der Waals surface area contributed by atoms with Gasteiger partial charge in [-0.05, 0) is 75.5 Å². The van der Waals surface area contributed by atoms with Crippen LogP contribution in [0, 0.1) is 13.8 Å². The second-order valence-corrected chi connectivity index (χ2v) is 11.1. The topological polar surface area (TPSA) is 84.9 Å². The molecule has 2 fully saturated rings. The third kappa shape index (κ3) is 5.07. The molecule has 1 aromatic carbocycles. The Morgan fingerprint density at radius 1 is 1.10 bits per heavy atom. The zero-order valence-corrected chi connectivity index (χ0v) is 19.5. The summed E-state index contributed by atoms with van der Waals surface area (Å²) in [6.07, 6.45) is 6.72. The normalized spacial score (nSPS) is 29.8. The number of aryl methyl sites for hydroxylation is 1. The van der Waals surface area contributed by atoms with Crippen LogP contribution in [-0.2, 0) is 19.6 Å². The van der Waals surface area contributed by atoms with Gasteiger partial charge in [-0.1, -0.05) is 6.07 Å². The number of benzene rings is 1. The zero-order chi connectivity index (χ0) is 22.2. The van der Waals surface area contributed by atoms with Gasteiger partial charge in [0.05, 0.1) is 25.0 Å². The van der Waals surface area contributed by atoms with Crippen LogP contribution in [0.25, 0.3) is 0 Å². The van der Waals surface area contributed by atoms with E-state index >= 15 is 0 Å². The first kappa shape index (κ1) is 22.6. The fourth-order valence-corrected chi connectivity index (χ4v) is 6.23. The van der Waals surface area contributed by atoms with Gasteiger partial charge in [-0.25, -0.2) is 13.1 Å². The Labute approximate surface area is 185 Å². The van der Waals surface area contributed by atoms with E-state index in [0.717, 1.165) is 37.9 Å². The highest BCUT2D eigenvalue weighted by atomic mass is 32.2. The Kier molecular flexibility index (Phi) is 6.60. The molecule has 0 aromatic heterocycles. The summed E-state index contributed by atoms with van der Waals surface area (Å²) in [5, 5.41) is 0. The molecule has 172 valence electrons. The molecular formula is C23H34N2O5S. The largest absolute Gasteiger partial charge is 0.483 e. The van der Waals surface area contributed by atoms with Crippen LogP contribution in [0.3, 0.4) is 0 Å². The van der Waals surface area contributed by atoms with E-state index in [-0.39, 0.29) is 30.7 Å². The van der Waals surface area contributed by atoms with Gasteiger partial charge in [0.15, 0.2) is 6.61 Å². The third-order valence-electron chi connectivity index (χ3n) is 7.15. The Morgan fingerprint density at radius 3 is 2.55 bits per heavy atom. The van der Waals surface area contributed by atoms with E-state index in [1.165, 1.54) is 22.9 Å². The van der Waals surface area contributed by atoms with Crippen molar-refractivity contribution in [3.8, 4) is 5.75 Å². The quantitative estimate of drug-likeness (QED) is 0.749. The average Bonchev–Trinajstić information content (AvgIpc) is 2.73. The van der Waals surface area contributed by atoms with Crippen molar-refractivity contribution in [2.24, 2.45) is 0 Å². The first-order valence-electron chi connectivity index (χ1n) is 11.3. The number of rotatable bonds is 2. The second kappa shape index (κ2) is 9.08. The third-order valence-corrected chi connectivity index (χ3v) is 7.88. The maximum Gasteiger partial charge on any atom is 0.260 e. The fraction of sp³-hybridized carbons (Fsp3) is 0.696. The molecule has 31 heavy (non-hydrogen) atoms. The van der Waals surface area contributed by atoms with E-state index in [1.807, 2.05) is 6.07 Å². The Balaban J connectivity index is 1.65. The van der Waals surface area contributed by atoms with Gasteiger partial charge in [-0.3, -0.25) is 4.79 Å². The zero-order valence-electron chi connectivity index (χ0n) is 18.7. The van der Waals surface area contributed by atoms with Crippen molar-refractivity contribution in [1.82, 2.24) is 9.62 Å². The molecule has 0 radical (unpaired) electrons. The molecule has 0 spiro atoms. The Morgan fingerprint density at radius 2 is 1.84 bits per heavy atom. The standard InChI is InChI=1S/C23H34N2O5S/c1-15-6-11-21-23(16(15)2)17-7-9-18(10-8-17)29-13-20-19(24-31(3,27)28)5-4-12-25(20)22(26)14-30-21/h6,11,17-20,24H,4-5,7-10,12-14H2,1-3H3/t17?,18?,19-,20?/m0/s1. The van der Waals surface area contributed by atoms with Crippen molar-refractivity contribution >= 4 is 15.9 Å². The fourth-order valence-electron chi connectivity index (χ4n) is 5.41. The SMILES string of the molecule is Cc1ccc2c(c1C)C1CCC(CC1)OCC1[C@@H](NS(C)(=O)=O)CCCN1C(=O)CO2. The van der Waals surface area contributed by atoms with E-state index in [9.17, 15) is 13.2 Å². The number of carbonyl (C=O) groups excluding carboxylic acids is 1. The molecule has 7 nitrogen and oxygen atoms in total. The van der Waals surface area contributed by atoms with Crippen molar-refractivity contribution < 1.29 is 22.7 Å². The highest BCUT2D eigenvalue weighted by molar-refractivity contribution is 7.88. The number of nitrogens with zero attached hydrogens (tertiary/aromatic N) is 1. The van der Waals surface area contributed by atoms with Gasteiger partial charge in [0.2, 0.25) is 10.0 Å². The van der Waals surface area contributed by atoms with Crippen molar-refractivity contribution in [3.05, 3.63) is 28.8 Å². The number of piperidine rings is 1. The predicted molar refractivity (Wildman–Crippen MR) is 119 cm³/mol. The molecule has 2 bridgehead atoms. The molecular weight excluding hydrogens is 416 g/mol. The minimum absolute atomic E-state index is 0.0479. The van der Waals surface area contributed by atoms with Crippen molar-refractivity contribution in [1.29, 1.82) is 0 Å². The number of sulfonamides is 1. The van der Waals surface area contributed by atoms with Gasteiger partial charge >= 0.3 is 0 Å². The minimum Gasteiger partial charge on any atom is -0.483 e.